The Hall–Kier alpha value is -4.42. The van der Waals surface area contributed by atoms with E-state index in [2.05, 4.69) is 5.32 Å². The van der Waals surface area contributed by atoms with Crippen LogP contribution in [0.1, 0.15) is 61.0 Å². The van der Waals surface area contributed by atoms with Gasteiger partial charge in [0, 0.05) is 31.5 Å². The van der Waals surface area contributed by atoms with Crippen molar-refractivity contribution in [1.29, 1.82) is 0 Å². The summed E-state index contributed by atoms with van der Waals surface area (Å²) in [6.45, 7) is 4.67. The molecule has 2 atom stereocenters. The van der Waals surface area contributed by atoms with Crippen LogP contribution in [0.5, 0.6) is 5.75 Å². The van der Waals surface area contributed by atoms with E-state index in [4.69, 9.17) is 37.5 Å². The number of hydrogen-bond donors (Lipinski definition) is 2. The fourth-order valence-electron chi connectivity index (χ4n) is 4.81. The molecule has 0 radical (unpaired) electrons. The number of benzene rings is 1. The molecule has 1 aliphatic rings. The Morgan fingerprint density at radius 1 is 1.04 bits per heavy atom. The van der Waals surface area contributed by atoms with E-state index in [1.54, 1.807) is 27.7 Å². The number of halogens is 2. The summed E-state index contributed by atoms with van der Waals surface area (Å²) < 4.78 is 82.5. The van der Waals surface area contributed by atoms with Crippen LogP contribution in [0, 0.1) is 17.0 Å². The summed E-state index contributed by atoms with van der Waals surface area (Å²) in [6, 6.07) is 2.75. The fraction of sp³-hybridized carbons (Fsp3) is 0.531. The molecule has 0 fully saturated rings. The van der Waals surface area contributed by atoms with E-state index in [9.17, 15) is 42.4 Å². The van der Waals surface area contributed by atoms with Crippen molar-refractivity contribution in [2.45, 2.75) is 66.0 Å². The largest absolute Gasteiger partial charge is 0.510 e. The predicted molar refractivity (Wildman–Crippen MR) is 174 cm³/mol. The second kappa shape index (κ2) is 18.4. The van der Waals surface area contributed by atoms with Gasteiger partial charge in [0.1, 0.15) is 22.9 Å². The van der Waals surface area contributed by atoms with Gasteiger partial charge in [-0.25, -0.2) is 18.4 Å². The van der Waals surface area contributed by atoms with Crippen molar-refractivity contribution in [3.63, 3.8) is 0 Å². The Kier molecular flexibility index (Phi) is 14.8. The number of methoxy groups -OCH3 is 1. The average molecular weight is 763 g/mol. The lowest BCUT2D eigenvalue weighted by molar-refractivity contribution is -0.0525. The predicted octanol–water partition coefficient (Wildman–Crippen LogP) is 4.26. The molecule has 3 rings (SSSR count). The summed E-state index contributed by atoms with van der Waals surface area (Å²) in [7, 11) is -2.91. The molecule has 1 amide bonds. The first-order chi connectivity index (χ1) is 24.4. The molecule has 0 spiro atoms. The number of aromatic hydroxyl groups is 1. The van der Waals surface area contributed by atoms with Crippen molar-refractivity contribution in [1.82, 2.24) is 9.88 Å². The maximum Gasteiger partial charge on any atom is 0.510 e. The topological polar surface area (TPSA) is 213 Å². The molecule has 0 saturated carbocycles. The molecule has 20 heteroatoms. The maximum atomic E-state index is 14.0. The molecule has 2 heterocycles. The fourth-order valence-corrected chi connectivity index (χ4v) is 5.92. The number of ether oxygens (including phenoxy) is 6. The molecule has 0 bridgehead atoms. The van der Waals surface area contributed by atoms with Gasteiger partial charge in [-0.2, -0.15) is 0 Å². The van der Waals surface area contributed by atoms with Crippen LogP contribution in [-0.4, -0.2) is 92.1 Å². The summed E-state index contributed by atoms with van der Waals surface area (Å²) in [5.74, 6) is -4.53. The van der Waals surface area contributed by atoms with Crippen LogP contribution in [-0.2, 0) is 55.1 Å². The van der Waals surface area contributed by atoms with Crippen LogP contribution in [0.15, 0.2) is 29.2 Å². The number of Topliss-reactive ketones (excluding diaryl/α,β-unsaturated/α-hetero) is 1. The molecular formula is C32H41F2N2O15P. The minimum Gasteiger partial charge on any atom is -0.503 e. The van der Waals surface area contributed by atoms with Gasteiger partial charge in [0.2, 0.25) is 19.0 Å². The zero-order chi connectivity index (χ0) is 38.8. The van der Waals surface area contributed by atoms with E-state index in [0.29, 0.717) is 6.07 Å². The van der Waals surface area contributed by atoms with E-state index in [1.165, 1.54) is 18.6 Å². The van der Waals surface area contributed by atoms with Gasteiger partial charge in [-0.3, -0.25) is 28.0 Å². The molecule has 0 aliphatic carbocycles. The third-order valence-electron chi connectivity index (χ3n) is 7.47. The molecule has 52 heavy (non-hydrogen) atoms. The monoisotopic (exact) mass is 762 g/mol. The SMILES string of the molecule is COC1Cn2cc(C(=O)NCc3ccc(F)cc3F)c(=O)c(O)c2C(=O)C1(C)COCCP(=O)(OCOC(=O)OC(C)C)OCOC(=O)OC(C)C. The number of hydrogen-bond acceptors (Lipinski definition) is 15. The molecule has 1 aromatic heterocycles. The minimum atomic E-state index is -4.21. The summed E-state index contributed by atoms with van der Waals surface area (Å²) in [5, 5.41) is 13.2. The van der Waals surface area contributed by atoms with Crippen molar-refractivity contribution in [2.75, 3.05) is 40.1 Å². The third-order valence-corrected chi connectivity index (χ3v) is 9.20. The van der Waals surface area contributed by atoms with E-state index in [-0.39, 0.29) is 12.1 Å². The number of amides is 1. The normalized spacial score (nSPS) is 17.1. The first kappa shape index (κ1) is 42.0. The second-order valence-electron chi connectivity index (χ2n) is 12.1. The molecule has 0 saturated heterocycles. The highest BCUT2D eigenvalue weighted by atomic mass is 31.2. The van der Waals surface area contributed by atoms with Gasteiger partial charge >= 0.3 is 19.9 Å². The van der Waals surface area contributed by atoms with E-state index >= 15 is 0 Å². The van der Waals surface area contributed by atoms with Crippen LogP contribution >= 0.6 is 7.60 Å². The summed E-state index contributed by atoms with van der Waals surface area (Å²) in [6.07, 6.45) is -3.63. The molecular weight excluding hydrogens is 721 g/mol. The van der Waals surface area contributed by atoms with Crippen LogP contribution < -0.4 is 10.7 Å². The molecule has 1 aliphatic heterocycles. The maximum absolute atomic E-state index is 14.0. The van der Waals surface area contributed by atoms with Gasteiger partial charge in [-0.05, 0) is 40.7 Å². The molecule has 1 aromatic carbocycles. The van der Waals surface area contributed by atoms with E-state index < -0.39 is 129 Å². The molecule has 17 nitrogen and oxygen atoms in total. The van der Waals surface area contributed by atoms with Crippen molar-refractivity contribution in [2.24, 2.45) is 5.41 Å². The minimum absolute atomic E-state index is 0.0590. The lowest BCUT2D eigenvalue weighted by Gasteiger charge is -2.40. The lowest BCUT2D eigenvalue weighted by Crippen LogP contribution is -2.52. The summed E-state index contributed by atoms with van der Waals surface area (Å²) in [5.41, 5.74) is -3.76. The third kappa shape index (κ3) is 11.0. The van der Waals surface area contributed by atoms with Crippen LogP contribution in [0.25, 0.3) is 0 Å². The van der Waals surface area contributed by atoms with Gasteiger partial charge in [0.15, 0.2) is 11.5 Å². The van der Waals surface area contributed by atoms with Gasteiger partial charge < -0.3 is 43.4 Å². The van der Waals surface area contributed by atoms with Crippen molar-refractivity contribution in [3.8, 4) is 5.75 Å². The molecule has 288 valence electrons. The number of ketones is 1. The Balaban J connectivity index is 1.71. The Bertz CT molecular complexity index is 1700. The number of rotatable bonds is 17. The van der Waals surface area contributed by atoms with Crippen molar-refractivity contribution < 1.29 is 75.1 Å². The Morgan fingerprint density at radius 2 is 1.63 bits per heavy atom. The Labute approximate surface area is 296 Å². The average Bonchev–Trinajstić information content (AvgIpc) is 3.05. The molecule has 2 aromatic rings. The van der Waals surface area contributed by atoms with Crippen LogP contribution in [0.3, 0.4) is 0 Å². The zero-order valence-electron chi connectivity index (χ0n) is 29.3. The highest BCUT2D eigenvalue weighted by molar-refractivity contribution is 7.53. The quantitative estimate of drug-likeness (QED) is 0.0997. The van der Waals surface area contributed by atoms with Crippen LogP contribution in [0.4, 0.5) is 18.4 Å². The first-order valence-corrected chi connectivity index (χ1v) is 17.5. The van der Waals surface area contributed by atoms with Crippen LogP contribution in [0.2, 0.25) is 0 Å². The standard InChI is InChI=1S/C32H41F2N2O15P/c1-18(2)50-30(41)46-16-48-52(43,49-17-47-31(42)51-19(3)4)10-9-45-15-32(5)24(44-6)14-36-13-22(26(37)27(38)25(36)28(32)39)29(40)35-12-20-7-8-21(33)11-23(20)34/h7-8,11,13,18-19,24,38H,9-10,12,14-17H2,1-6H3,(H,35,40). The van der Waals surface area contributed by atoms with E-state index in [1.807, 2.05) is 0 Å². The number of nitrogens with one attached hydrogen (secondary N) is 1. The number of fused-ring (bicyclic) bond motifs is 1. The smallest absolute Gasteiger partial charge is 0.503 e. The highest BCUT2D eigenvalue weighted by Crippen LogP contribution is 2.48. The summed E-state index contributed by atoms with van der Waals surface area (Å²) in [4.78, 5) is 63.1. The van der Waals surface area contributed by atoms with Crippen molar-refractivity contribution >= 4 is 31.6 Å². The molecule has 2 unspecified atom stereocenters. The second-order valence-corrected chi connectivity index (χ2v) is 14.3. The van der Waals surface area contributed by atoms with E-state index in [0.717, 1.165) is 18.3 Å². The number of carbonyl (C=O) groups excluding carboxylic acids is 4. The Morgan fingerprint density at radius 3 is 2.17 bits per heavy atom. The highest BCUT2D eigenvalue weighted by Gasteiger charge is 2.49. The number of pyridine rings is 1. The first-order valence-electron chi connectivity index (χ1n) is 15.8. The van der Waals surface area contributed by atoms with Gasteiger partial charge in [-0.15, -0.1) is 0 Å². The zero-order valence-corrected chi connectivity index (χ0v) is 30.2. The lowest BCUT2D eigenvalue weighted by atomic mass is 9.76. The number of nitrogens with zero attached hydrogens (tertiary/aromatic N) is 1. The number of aromatic nitrogens is 1. The number of carbonyl (C=O) groups is 4. The molecule has 2 N–H and O–H groups in total. The van der Waals surface area contributed by atoms with Crippen molar-refractivity contribution in [3.05, 3.63) is 63.1 Å². The summed E-state index contributed by atoms with van der Waals surface area (Å²) >= 11 is 0. The van der Waals surface area contributed by atoms with Gasteiger partial charge in [0.05, 0.1) is 49.6 Å². The van der Waals surface area contributed by atoms with Gasteiger partial charge in [0.25, 0.3) is 5.91 Å². The van der Waals surface area contributed by atoms with Gasteiger partial charge in [-0.1, -0.05) is 6.07 Å².